The lowest BCUT2D eigenvalue weighted by Crippen LogP contribution is -2.02. The molecule has 2 heterocycles. The molecule has 0 N–H and O–H groups in total. The van der Waals surface area contributed by atoms with Gasteiger partial charge in [-0.3, -0.25) is 9.48 Å². The Morgan fingerprint density at radius 1 is 1.10 bits per heavy atom. The van der Waals surface area contributed by atoms with Crippen LogP contribution in [0.1, 0.15) is 55.2 Å². The number of hydrogen-bond acceptors (Lipinski definition) is 4. The van der Waals surface area contributed by atoms with Crippen LogP contribution < -0.4 is 0 Å². The maximum atomic E-state index is 11.6. The summed E-state index contributed by atoms with van der Waals surface area (Å²) in [4.78, 5) is 20.9. The minimum absolute atomic E-state index is 0.213. The van der Waals surface area contributed by atoms with E-state index in [1.54, 1.807) is 0 Å². The van der Waals surface area contributed by atoms with Crippen molar-refractivity contribution in [2.75, 3.05) is 5.88 Å². The molecule has 29 heavy (non-hydrogen) atoms. The molecular weight excluding hydrogens is 384 g/mol. The second-order valence-corrected chi connectivity index (χ2v) is 7.97. The standard InChI is InChI=1S/C23H27ClN4O/c1-16(2)28-15-20(14-26-28)23-17(3)13-25-22(27-23)12-19-6-4-18(5-7-19)8-9-21(29)10-11-24/h4-7,13-16H,8-12H2,1-3H3. The van der Waals surface area contributed by atoms with E-state index in [0.717, 1.165) is 40.2 Å². The average molecular weight is 411 g/mol. The summed E-state index contributed by atoms with van der Waals surface area (Å²) >= 11 is 5.61. The van der Waals surface area contributed by atoms with Crippen molar-refractivity contribution in [2.24, 2.45) is 0 Å². The van der Waals surface area contributed by atoms with Crippen LogP contribution in [0.15, 0.2) is 42.9 Å². The third-order valence-electron chi connectivity index (χ3n) is 4.88. The van der Waals surface area contributed by atoms with Gasteiger partial charge in [0, 0.05) is 49.1 Å². The van der Waals surface area contributed by atoms with Gasteiger partial charge in [-0.1, -0.05) is 24.3 Å². The number of carbonyl (C=O) groups is 1. The molecule has 0 amide bonds. The molecular formula is C23H27ClN4O. The lowest BCUT2D eigenvalue weighted by molar-refractivity contribution is -0.118. The van der Waals surface area contributed by atoms with Gasteiger partial charge in [0.2, 0.25) is 0 Å². The third-order valence-corrected chi connectivity index (χ3v) is 5.07. The smallest absolute Gasteiger partial charge is 0.134 e. The molecule has 0 saturated heterocycles. The van der Waals surface area contributed by atoms with Crippen molar-refractivity contribution < 1.29 is 4.79 Å². The van der Waals surface area contributed by atoms with E-state index in [2.05, 4.69) is 48.2 Å². The van der Waals surface area contributed by atoms with E-state index in [0.29, 0.717) is 31.2 Å². The van der Waals surface area contributed by atoms with E-state index < -0.39 is 0 Å². The Balaban J connectivity index is 1.69. The summed E-state index contributed by atoms with van der Waals surface area (Å²) in [5.41, 5.74) is 5.28. The van der Waals surface area contributed by atoms with Gasteiger partial charge in [-0.2, -0.15) is 5.10 Å². The zero-order valence-corrected chi connectivity index (χ0v) is 18.0. The predicted molar refractivity (Wildman–Crippen MR) is 116 cm³/mol. The Kier molecular flexibility index (Phi) is 7.15. The van der Waals surface area contributed by atoms with E-state index in [1.807, 2.05) is 30.2 Å². The summed E-state index contributed by atoms with van der Waals surface area (Å²) in [6.45, 7) is 6.23. The molecule has 0 aliphatic heterocycles. The highest BCUT2D eigenvalue weighted by atomic mass is 35.5. The Morgan fingerprint density at radius 3 is 2.48 bits per heavy atom. The largest absolute Gasteiger partial charge is 0.300 e. The monoisotopic (exact) mass is 410 g/mol. The van der Waals surface area contributed by atoms with Gasteiger partial charge in [0.1, 0.15) is 11.6 Å². The van der Waals surface area contributed by atoms with E-state index in [-0.39, 0.29) is 5.78 Å². The molecule has 0 bridgehead atoms. The number of benzene rings is 1. The van der Waals surface area contributed by atoms with Crippen LogP contribution in [0.2, 0.25) is 0 Å². The van der Waals surface area contributed by atoms with E-state index in [1.165, 1.54) is 0 Å². The van der Waals surface area contributed by atoms with Crippen molar-refractivity contribution in [3.8, 4) is 11.3 Å². The van der Waals surface area contributed by atoms with Crippen molar-refractivity contribution in [1.29, 1.82) is 0 Å². The van der Waals surface area contributed by atoms with Crippen LogP contribution in [-0.4, -0.2) is 31.4 Å². The van der Waals surface area contributed by atoms with Crippen molar-refractivity contribution in [3.63, 3.8) is 0 Å². The van der Waals surface area contributed by atoms with Crippen LogP contribution in [0, 0.1) is 6.92 Å². The molecule has 0 spiro atoms. The van der Waals surface area contributed by atoms with Gasteiger partial charge in [0.15, 0.2) is 0 Å². The zero-order valence-electron chi connectivity index (χ0n) is 17.2. The maximum Gasteiger partial charge on any atom is 0.134 e. The lowest BCUT2D eigenvalue weighted by Gasteiger charge is -2.07. The van der Waals surface area contributed by atoms with Crippen LogP contribution in [0.4, 0.5) is 0 Å². The van der Waals surface area contributed by atoms with Gasteiger partial charge >= 0.3 is 0 Å². The second kappa shape index (κ2) is 9.79. The topological polar surface area (TPSA) is 60.7 Å². The van der Waals surface area contributed by atoms with Gasteiger partial charge in [0.25, 0.3) is 0 Å². The molecule has 0 saturated carbocycles. The number of hydrogen-bond donors (Lipinski definition) is 0. The minimum atomic E-state index is 0.213. The van der Waals surface area contributed by atoms with Gasteiger partial charge in [0.05, 0.1) is 11.9 Å². The van der Waals surface area contributed by atoms with E-state index in [4.69, 9.17) is 16.6 Å². The number of aromatic nitrogens is 4. The maximum absolute atomic E-state index is 11.6. The minimum Gasteiger partial charge on any atom is -0.300 e. The first-order chi connectivity index (χ1) is 14.0. The normalized spacial score (nSPS) is 11.2. The van der Waals surface area contributed by atoms with Crippen LogP contribution in [0.25, 0.3) is 11.3 Å². The molecule has 0 atom stereocenters. The van der Waals surface area contributed by atoms with Crippen molar-refractivity contribution in [1.82, 2.24) is 19.7 Å². The van der Waals surface area contributed by atoms with Crippen molar-refractivity contribution in [3.05, 3.63) is 65.4 Å². The summed E-state index contributed by atoms with van der Waals surface area (Å²) < 4.78 is 1.94. The number of halogens is 1. The second-order valence-electron chi connectivity index (χ2n) is 7.59. The summed E-state index contributed by atoms with van der Waals surface area (Å²) in [7, 11) is 0. The number of ketones is 1. The van der Waals surface area contributed by atoms with Gasteiger partial charge < -0.3 is 0 Å². The fraction of sp³-hybridized carbons (Fsp3) is 0.391. The van der Waals surface area contributed by atoms with Crippen LogP contribution in [0.5, 0.6) is 0 Å². The van der Waals surface area contributed by atoms with Gasteiger partial charge in [-0.15, -0.1) is 11.6 Å². The summed E-state index contributed by atoms with van der Waals surface area (Å²) in [6, 6.07) is 8.63. The molecule has 6 heteroatoms. The number of rotatable bonds is 9. The summed E-state index contributed by atoms with van der Waals surface area (Å²) in [6.07, 6.45) is 8.17. The lowest BCUT2D eigenvalue weighted by atomic mass is 10.0. The van der Waals surface area contributed by atoms with Crippen molar-refractivity contribution >= 4 is 17.4 Å². The molecule has 0 fully saturated rings. The first kappa shape index (κ1) is 21.2. The molecule has 0 unspecified atom stereocenters. The highest BCUT2D eigenvalue weighted by Crippen LogP contribution is 2.22. The number of Topliss-reactive ketones (excluding diaryl/α,β-unsaturated/α-hetero) is 1. The van der Waals surface area contributed by atoms with Crippen LogP contribution in [-0.2, 0) is 17.6 Å². The fourth-order valence-corrected chi connectivity index (χ4v) is 3.33. The fourth-order valence-electron chi connectivity index (χ4n) is 3.12. The number of alkyl halides is 1. The van der Waals surface area contributed by atoms with E-state index in [9.17, 15) is 4.79 Å². The molecule has 3 aromatic rings. The zero-order chi connectivity index (χ0) is 20.8. The molecule has 1 aromatic carbocycles. The molecule has 2 aromatic heterocycles. The Bertz CT molecular complexity index is 963. The third kappa shape index (κ3) is 5.73. The van der Waals surface area contributed by atoms with E-state index >= 15 is 0 Å². The van der Waals surface area contributed by atoms with Crippen molar-refractivity contribution in [2.45, 2.75) is 52.5 Å². The first-order valence-electron chi connectivity index (χ1n) is 9.98. The number of carbonyl (C=O) groups excluding carboxylic acids is 1. The number of nitrogens with zero attached hydrogens (tertiary/aromatic N) is 4. The molecule has 0 radical (unpaired) electrons. The van der Waals surface area contributed by atoms with Crippen LogP contribution >= 0.6 is 11.6 Å². The highest BCUT2D eigenvalue weighted by molar-refractivity contribution is 6.19. The Labute approximate surface area is 177 Å². The van der Waals surface area contributed by atoms with Gasteiger partial charge in [-0.25, -0.2) is 9.97 Å². The molecule has 0 aliphatic carbocycles. The Morgan fingerprint density at radius 2 is 1.83 bits per heavy atom. The SMILES string of the molecule is Cc1cnc(Cc2ccc(CCC(=O)CCCl)cc2)nc1-c1cnn(C(C)C)c1. The van der Waals surface area contributed by atoms with Crippen LogP contribution in [0.3, 0.4) is 0 Å². The molecule has 152 valence electrons. The van der Waals surface area contributed by atoms with Gasteiger partial charge in [-0.05, 0) is 43.9 Å². The molecule has 0 aliphatic rings. The summed E-state index contributed by atoms with van der Waals surface area (Å²) in [5.74, 6) is 1.40. The predicted octanol–water partition coefficient (Wildman–Crippen LogP) is 4.95. The number of aryl methyl sites for hydroxylation is 2. The molecule has 3 rings (SSSR count). The summed E-state index contributed by atoms with van der Waals surface area (Å²) in [5, 5.41) is 4.42. The quantitative estimate of drug-likeness (QED) is 0.468. The first-order valence-corrected chi connectivity index (χ1v) is 10.5. The Hall–Kier alpha value is -2.53. The molecule has 5 nitrogen and oxygen atoms in total. The highest BCUT2D eigenvalue weighted by Gasteiger charge is 2.11. The average Bonchev–Trinajstić information content (AvgIpc) is 3.19.